The maximum atomic E-state index is 6.23. The van der Waals surface area contributed by atoms with Crippen LogP contribution in [0.4, 0.5) is 0 Å². The first-order chi connectivity index (χ1) is 7.29. The molecule has 0 aromatic carbocycles. The third kappa shape index (κ3) is 1.80. The van der Waals surface area contributed by atoms with Crippen LogP contribution in [0, 0.1) is 11.8 Å². The molecule has 1 saturated carbocycles. The quantitative estimate of drug-likeness (QED) is 0.660. The molecule has 1 aliphatic carbocycles. The van der Waals surface area contributed by atoms with E-state index in [-0.39, 0.29) is 5.60 Å². The number of rotatable bonds is 2. The van der Waals surface area contributed by atoms with Gasteiger partial charge in [0, 0.05) is 5.92 Å². The fourth-order valence-electron chi connectivity index (χ4n) is 3.81. The summed E-state index contributed by atoms with van der Waals surface area (Å²) in [6, 6.07) is 0. The van der Waals surface area contributed by atoms with Crippen LogP contribution in [0.1, 0.15) is 33.6 Å². The second kappa shape index (κ2) is 3.71. The maximum Gasteiger partial charge on any atom is 0.0752 e. The van der Waals surface area contributed by atoms with Gasteiger partial charge in [0.25, 0.3) is 0 Å². The molecule has 1 heterocycles. The highest BCUT2D eigenvalue weighted by Gasteiger charge is 2.57. The third-order valence-electron chi connectivity index (χ3n) is 4.44. The molecule has 4 atom stereocenters. The molecule has 0 aromatic heterocycles. The zero-order valence-electron chi connectivity index (χ0n) is 11.6. The monoisotopic (exact) mass is 238 g/mol. The van der Waals surface area contributed by atoms with E-state index in [4.69, 9.17) is 4.74 Å². The standard InChI is InChI=1S/C14H26OSi/c1-7-14-8-12(9-16(4,5)6)13(10(14)2)11(3)15-14/h9-11,13H,7-8H2,1-6H3/b12-9+/t10-,11+,13+,14-/m1/s1. The average molecular weight is 238 g/mol. The number of hydrogen-bond donors (Lipinski definition) is 0. The van der Waals surface area contributed by atoms with Crippen LogP contribution in [-0.4, -0.2) is 19.8 Å². The zero-order valence-corrected chi connectivity index (χ0v) is 12.6. The van der Waals surface area contributed by atoms with Gasteiger partial charge in [-0.3, -0.25) is 0 Å². The van der Waals surface area contributed by atoms with Crippen molar-refractivity contribution in [3.8, 4) is 0 Å². The Kier molecular flexibility index (Phi) is 2.87. The van der Waals surface area contributed by atoms with E-state index in [1.807, 2.05) is 0 Å². The second-order valence-electron chi connectivity index (χ2n) is 6.82. The Morgan fingerprint density at radius 2 is 2.00 bits per heavy atom. The lowest BCUT2D eigenvalue weighted by atomic mass is 9.87. The fourth-order valence-corrected chi connectivity index (χ4v) is 5.21. The summed E-state index contributed by atoms with van der Waals surface area (Å²) in [6.45, 7) is 14.2. The van der Waals surface area contributed by atoms with E-state index in [1.165, 1.54) is 6.42 Å². The zero-order chi connectivity index (χ0) is 12.1. The highest BCUT2D eigenvalue weighted by Crippen LogP contribution is 2.56. The lowest BCUT2D eigenvalue weighted by Gasteiger charge is -2.31. The molecule has 2 heteroatoms. The highest BCUT2D eigenvalue weighted by molar-refractivity contribution is 6.81. The van der Waals surface area contributed by atoms with Gasteiger partial charge >= 0.3 is 0 Å². The van der Waals surface area contributed by atoms with Gasteiger partial charge in [-0.25, -0.2) is 0 Å². The Labute approximate surface area is 101 Å². The summed E-state index contributed by atoms with van der Waals surface area (Å²) in [5, 5.41) is 0. The highest BCUT2D eigenvalue weighted by atomic mass is 28.3. The SMILES string of the molecule is CC[C@]12C/C(=C\[Si](C)(C)C)[C@H]([C@H](C)O1)[C@H]2C. The van der Waals surface area contributed by atoms with Gasteiger partial charge in [0.15, 0.2) is 0 Å². The van der Waals surface area contributed by atoms with Gasteiger partial charge in [-0.15, -0.1) is 0 Å². The van der Waals surface area contributed by atoms with Crippen molar-refractivity contribution in [2.45, 2.75) is 65.0 Å². The molecule has 2 aliphatic rings. The van der Waals surface area contributed by atoms with Crippen molar-refractivity contribution in [3.05, 3.63) is 11.3 Å². The summed E-state index contributed by atoms with van der Waals surface area (Å²) in [4.78, 5) is 0. The largest absolute Gasteiger partial charge is 0.371 e. The number of ether oxygens (including phenoxy) is 1. The van der Waals surface area contributed by atoms with Gasteiger partial charge < -0.3 is 4.74 Å². The van der Waals surface area contributed by atoms with Crippen molar-refractivity contribution >= 4 is 8.07 Å². The van der Waals surface area contributed by atoms with Gasteiger partial charge in [0.05, 0.1) is 19.8 Å². The van der Waals surface area contributed by atoms with Crippen LogP contribution < -0.4 is 0 Å². The lowest BCUT2D eigenvalue weighted by molar-refractivity contribution is -0.0603. The first-order valence-electron chi connectivity index (χ1n) is 6.68. The molecule has 16 heavy (non-hydrogen) atoms. The van der Waals surface area contributed by atoms with Crippen LogP contribution in [0.5, 0.6) is 0 Å². The van der Waals surface area contributed by atoms with Crippen molar-refractivity contribution in [2.75, 3.05) is 0 Å². The number of hydrogen-bond acceptors (Lipinski definition) is 1. The lowest BCUT2D eigenvalue weighted by Crippen LogP contribution is -2.32. The van der Waals surface area contributed by atoms with Gasteiger partial charge in [-0.2, -0.15) is 0 Å². The second-order valence-corrected chi connectivity index (χ2v) is 11.8. The van der Waals surface area contributed by atoms with E-state index in [9.17, 15) is 0 Å². The summed E-state index contributed by atoms with van der Waals surface area (Å²) in [7, 11) is -1.08. The topological polar surface area (TPSA) is 9.23 Å². The molecule has 1 aliphatic heterocycles. The minimum Gasteiger partial charge on any atom is -0.371 e. The minimum atomic E-state index is -1.08. The molecule has 92 valence electrons. The molecule has 2 bridgehead atoms. The van der Waals surface area contributed by atoms with Gasteiger partial charge in [0.1, 0.15) is 0 Å². The molecule has 0 radical (unpaired) electrons. The van der Waals surface area contributed by atoms with Crippen LogP contribution >= 0.6 is 0 Å². The summed E-state index contributed by atoms with van der Waals surface area (Å²) in [5.41, 5.74) is 4.52. The Morgan fingerprint density at radius 3 is 2.44 bits per heavy atom. The van der Waals surface area contributed by atoms with Crippen molar-refractivity contribution in [3.63, 3.8) is 0 Å². The Bertz CT molecular complexity index is 315. The minimum absolute atomic E-state index is 0.176. The molecular weight excluding hydrogens is 212 g/mol. The fraction of sp³-hybridized carbons (Fsp3) is 0.857. The van der Waals surface area contributed by atoms with E-state index in [0.29, 0.717) is 12.0 Å². The predicted molar refractivity (Wildman–Crippen MR) is 72.3 cm³/mol. The first-order valence-corrected chi connectivity index (χ1v) is 10.3. The smallest absolute Gasteiger partial charge is 0.0752 e. The Hall–Kier alpha value is -0.0831. The van der Waals surface area contributed by atoms with E-state index >= 15 is 0 Å². The van der Waals surface area contributed by atoms with Crippen LogP contribution in [0.3, 0.4) is 0 Å². The van der Waals surface area contributed by atoms with Crippen molar-refractivity contribution < 1.29 is 4.74 Å². The Morgan fingerprint density at radius 1 is 1.38 bits per heavy atom. The van der Waals surface area contributed by atoms with E-state index in [1.54, 1.807) is 5.57 Å². The van der Waals surface area contributed by atoms with Crippen molar-refractivity contribution in [1.82, 2.24) is 0 Å². The summed E-state index contributed by atoms with van der Waals surface area (Å²) in [6.07, 6.45) is 2.80. The van der Waals surface area contributed by atoms with Crippen LogP contribution in [0.2, 0.25) is 19.6 Å². The molecule has 1 saturated heterocycles. The first kappa shape index (κ1) is 12.4. The summed E-state index contributed by atoms with van der Waals surface area (Å²) in [5.74, 6) is 1.42. The van der Waals surface area contributed by atoms with E-state index in [2.05, 4.69) is 46.1 Å². The van der Waals surface area contributed by atoms with Gasteiger partial charge in [0.2, 0.25) is 0 Å². The molecule has 2 rings (SSSR count). The van der Waals surface area contributed by atoms with Crippen molar-refractivity contribution in [2.24, 2.45) is 11.8 Å². The molecular formula is C14H26OSi. The third-order valence-corrected chi connectivity index (χ3v) is 5.68. The normalized spacial score (nSPS) is 45.6. The average Bonchev–Trinajstić information content (AvgIpc) is 2.50. The maximum absolute atomic E-state index is 6.23. The van der Waals surface area contributed by atoms with Crippen LogP contribution in [-0.2, 0) is 4.74 Å². The molecule has 0 N–H and O–H groups in total. The summed E-state index contributed by atoms with van der Waals surface area (Å²) >= 11 is 0. The van der Waals surface area contributed by atoms with Crippen molar-refractivity contribution in [1.29, 1.82) is 0 Å². The van der Waals surface area contributed by atoms with Gasteiger partial charge in [-0.05, 0) is 25.7 Å². The molecule has 0 spiro atoms. The van der Waals surface area contributed by atoms with Gasteiger partial charge in [-0.1, -0.05) is 44.8 Å². The Balaban J connectivity index is 2.32. The van der Waals surface area contributed by atoms with Crippen LogP contribution in [0.15, 0.2) is 11.3 Å². The predicted octanol–water partition coefficient (Wildman–Crippen LogP) is 4.01. The molecule has 1 nitrogen and oxygen atoms in total. The van der Waals surface area contributed by atoms with Crippen LogP contribution in [0.25, 0.3) is 0 Å². The molecule has 0 unspecified atom stereocenters. The van der Waals surface area contributed by atoms with E-state index in [0.717, 1.165) is 12.3 Å². The number of fused-ring (bicyclic) bond motifs is 2. The summed E-state index contributed by atoms with van der Waals surface area (Å²) < 4.78 is 6.23. The molecule has 0 aromatic rings. The molecule has 0 amide bonds. The molecule has 2 fully saturated rings. The van der Waals surface area contributed by atoms with E-state index < -0.39 is 8.07 Å².